The molecule has 3 nitrogen and oxygen atoms in total. The van der Waals surface area contributed by atoms with Gasteiger partial charge < -0.3 is 4.90 Å². The van der Waals surface area contributed by atoms with E-state index in [0.717, 1.165) is 24.4 Å². The molecular formula is C12H20N2OS. The van der Waals surface area contributed by atoms with Crippen LogP contribution in [0.3, 0.4) is 0 Å². The van der Waals surface area contributed by atoms with E-state index in [1.165, 1.54) is 11.3 Å². The molecule has 0 radical (unpaired) electrons. The monoisotopic (exact) mass is 240 g/mol. The van der Waals surface area contributed by atoms with Crippen molar-refractivity contribution in [3.63, 3.8) is 0 Å². The highest BCUT2D eigenvalue weighted by Crippen LogP contribution is 2.09. The Kier molecular flexibility index (Phi) is 5.66. The topological polar surface area (TPSA) is 23.6 Å². The van der Waals surface area contributed by atoms with Gasteiger partial charge in [0.1, 0.15) is 0 Å². The average Bonchev–Trinajstić information content (AvgIpc) is 2.69. The lowest BCUT2D eigenvalue weighted by Gasteiger charge is -2.16. The Morgan fingerprint density at radius 3 is 2.62 bits per heavy atom. The molecule has 0 fully saturated rings. The lowest BCUT2D eigenvalue weighted by Crippen LogP contribution is -2.28. The van der Waals surface area contributed by atoms with Crippen LogP contribution in [0.5, 0.6) is 0 Å². The molecule has 90 valence electrons. The van der Waals surface area contributed by atoms with Crippen molar-refractivity contribution in [1.82, 2.24) is 9.80 Å². The van der Waals surface area contributed by atoms with Gasteiger partial charge >= 0.3 is 0 Å². The van der Waals surface area contributed by atoms with Crippen molar-refractivity contribution in [1.29, 1.82) is 0 Å². The Balaban J connectivity index is 2.24. The summed E-state index contributed by atoms with van der Waals surface area (Å²) >= 11 is 1.52. The molecule has 1 aromatic rings. The van der Waals surface area contributed by atoms with Gasteiger partial charge in [-0.15, -0.1) is 11.3 Å². The molecule has 0 saturated carbocycles. The maximum Gasteiger partial charge on any atom is 0.186 e. The third-order valence-corrected chi connectivity index (χ3v) is 3.27. The number of rotatable bonds is 7. The molecule has 0 N–H and O–H groups in total. The minimum Gasteiger partial charge on any atom is -0.309 e. The quantitative estimate of drug-likeness (QED) is 0.679. The second-order valence-electron chi connectivity index (χ2n) is 4.30. The fraction of sp³-hybridized carbons (Fsp3) is 0.583. The van der Waals surface area contributed by atoms with Gasteiger partial charge in [0.15, 0.2) is 5.78 Å². The minimum atomic E-state index is 0.224. The first-order chi connectivity index (χ1) is 7.59. The van der Waals surface area contributed by atoms with E-state index in [-0.39, 0.29) is 5.78 Å². The highest BCUT2D eigenvalue weighted by molar-refractivity contribution is 7.12. The van der Waals surface area contributed by atoms with Crippen LogP contribution in [-0.4, -0.2) is 56.4 Å². The summed E-state index contributed by atoms with van der Waals surface area (Å²) in [5.41, 5.74) is 0. The third kappa shape index (κ3) is 4.88. The van der Waals surface area contributed by atoms with Crippen LogP contribution in [0.1, 0.15) is 16.1 Å². The van der Waals surface area contributed by atoms with Crippen molar-refractivity contribution < 1.29 is 4.79 Å². The molecule has 0 saturated heterocycles. The lowest BCUT2D eigenvalue weighted by atomic mass is 10.3. The second-order valence-corrected chi connectivity index (χ2v) is 5.24. The van der Waals surface area contributed by atoms with Crippen LogP contribution >= 0.6 is 11.3 Å². The number of hydrogen-bond donors (Lipinski definition) is 0. The zero-order valence-electron chi connectivity index (χ0n) is 10.3. The van der Waals surface area contributed by atoms with Crippen LogP contribution in [0.2, 0.25) is 0 Å². The van der Waals surface area contributed by atoms with Gasteiger partial charge in [-0.05, 0) is 52.1 Å². The van der Waals surface area contributed by atoms with E-state index in [0.29, 0.717) is 6.54 Å². The Morgan fingerprint density at radius 2 is 2.06 bits per heavy atom. The van der Waals surface area contributed by atoms with Crippen LogP contribution in [0.25, 0.3) is 0 Å². The van der Waals surface area contributed by atoms with Gasteiger partial charge in [0.2, 0.25) is 0 Å². The SMILES string of the molecule is CN(C)CCCN(C)CC(=O)c1cccs1. The fourth-order valence-corrected chi connectivity index (χ4v) is 2.15. The molecule has 0 spiro atoms. The minimum absolute atomic E-state index is 0.224. The first-order valence-corrected chi connectivity index (χ1v) is 6.37. The summed E-state index contributed by atoms with van der Waals surface area (Å²) in [6.45, 7) is 2.56. The molecule has 0 aliphatic rings. The summed E-state index contributed by atoms with van der Waals surface area (Å²) in [4.78, 5) is 16.9. The zero-order valence-corrected chi connectivity index (χ0v) is 11.1. The van der Waals surface area contributed by atoms with Gasteiger partial charge in [0.05, 0.1) is 11.4 Å². The molecule has 0 aliphatic carbocycles. The molecule has 1 rings (SSSR count). The van der Waals surface area contributed by atoms with Gasteiger partial charge in [-0.3, -0.25) is 9.69 Å². The maximum atomic E-state index is 11.8. The van der Waals surface area contributed by atoms with Gasteiger partial charge in [-0.25, -0.2) is 0 Å². The van der Waals surface area contributed by atoms with E-state index in [2.05, 4.69) is 23.9 Å². The van der Waals surface area contributed by atoms with E-state index < -0.39 is 0 Å². The predicted octanol–water partition coefficient (Wildman–Crippen LogP) is 1.81. The molecule has 0 aromatic carbocycles. The number of hydrogen-bond acceptors (Lipinski definition) is 4. The van der Waals surface area contributed by atoms with Crippen LogP contribution in [0.15, 0.2) is 17.5 Å². The largest absolute Gasteiger partial charge is 0.309 e. The Hall–Kier alpha value is -0.710. The van der Waals surface area contributed by atoms with Crippen molar-refractivity contribution in [2.45, 2.75) is 6.42 Å². The maximum absolute atomic E-state index is 11.8. The van der Waals surface area contributed by atoms with E-state index >= 15 is 0 Å². The Morgan fingerprint density at radius 1 is 1.31 bits per heavy atom. The van der Waals surface area contributed by atoms with Gasteiger partial charge in [-0.2, -0.15) is 0 Å². The number of thiophene rings is 1. The molecule has 4 heteroatoms. The fourth-order valence-electron chi connectivity index (χ4n) is 1.50. The molecule has 16 heavy (non-hydrogen) atoms. The van der Waals surface area contributed by atoms with Gasteiger partial charge in [0.25, 0.3) is 0 Å². The molecule has 0 amide bonds. The lowest BCUT2D eigenvalue weighted by molar-refractivity contribution is 0.0948. The molecule has 0 bridgehead atoms. The van der Waals surface area contributed by atoms with Crippen molar-refractivity contribution in [2.24, 2.45) is 0 Å². The van der Waals surface area contributed by atoms with Gasteiger partial charge in [0, 0.05) is 0 Å². The average molecular weight is 240 g/mol. The van der Waals surface area contributed by atoms with Crippen LogP contribution in [-0.2, 0) is 0 Å². The van der Waals surface area contributed by atoms with E-state index in [1.807, 2.05) is 24.6 Å². The van der Waals surface area contributed by atoms with E-state index in [9.17, 15) is 4.79 Å². The number of carbonyl (C=O) groups is 1. The first kappa shape index (κ1) is 13.4. The molecule has 0 unspecified atom stereocenters. The van der Waals surface area contributed by atoms with Crippen molar-refractivity contribution >= 4 is 17.1 Å². The number of Topliss-reactive ketones (excluding diaryl/α,β-unsaturated/α-hetero) is 1. The number of ketones is 1. The normalized spacial score (nSPS) is 11.3. The van der Waals surface area contributed by atoms with Crippen molar-refractivity contribution in [2.75, 3.05) is 40.8 Å². The summed E-state index contributed by atoms with van der Waals surface area (Å²) in [6, 6.07) is 3.81. The molecular weight excluding hydrogens is 220 g/mol. The summed E-state index contributed by atoms with van der Waals surface area (Å²) in [7, 11) is 6.13. The van der Waals surface area contributed by atoms with Gasteiger partial charge in [-0.1, -0.05) is 6.07 Å². The predicted molar refractivity (Wildman–Crippen MR) is 69.3 cm³/mol. The van der Waals surface area contributed by atoms with Crippen LogP contribution in [0.4, 0.5) is 0 Å². The first-order valence-electron chi connectivity index (χ1n) is 5.49. The number of likely N-dealkylation sites (N-methyl/N-ethyl adjacent to an activating group) is 1. The molecule has 1 aromatic heterocycles. The number of nitrogens with zero attached hydrogens (tertiary/aromatic N) is 2. The van der Waals surface area contributed by atoms with E-state index in [4.69, 9.17) is 0 Å². The smallest absolute Gasteiger partial charge is 0.186 e. The Bertz CT molecular complexity index is 309. The molecule has 0 aliphatic heterocycles. The van der Waals surface area contributed by atoms with Crippen LogP contribution in [0, 0.1) is 0 Å². The zero-order chi connectivity index (χ0) is 12.0. The molecule has 1 heterocycles. The van der Waals surface area contributed by atoms with Crippen molar-refractivity contribution in [3.8, 4) is 0 Å². The van der Waals surface area contributed by atoms with Crippen molar-refractivity contribution in [3.05, 3.63) is 22.4 Å². The second kappa shape index (κ2) is 6.78. The summed E-state index contributed by atoms with van der Waals surface area (Å²) in [5.74, 6) is 0.224. The van der Waals surface area contributed by atoms with E-state index in [1.54, 1.807) is 0 Å². The van der Waals surface area contributed by atoms with Crippen LogP contribution < -0.4 is 0 Å². The highest BCUT2D eigenvalue weighted by Gasteiger charge is 2.09. The molecule has 0 atom stereocenters. The summed E-state index contributed by atoms with van der Waals surface area (Å²) in [5, 5.41) is 1.94. The summed E-state index contributed by atoms with van der Waals surface area (Å²) < 4.78 is 0. The number of carbonyl (C=O) groups excluding carboxylic acids is 1. The summed E-state index contributed by atoms with van der Waals surface area (Å²) in [6.07, 6.45) is 1.10. The standard InChI is InChI=1S/C12H20N2OS/c1-13(2)7-5-8-14(3)10-11(15)12-6-4-9-16-12/h4,6,9H,5,7-8,10H2,1-3H3. The Labute approximate surface area is 102 Å². The third-order valence-electron chi connectivity index (χ3n) is 2.35. The highest BCUT2D eigenvalue weighted by atomic mass is 32.1.